The molecule has 15 heavy (non-hydrogen) atoms. The number of aromatic nitrogens is 1. The van der Waals surface area contributed by atoms with Crippen LogP contribution in [0.2, 0.25) is 0 Å². The molecule has 3 heteroatoms. The van der Waals surface area contributed by atoms with Crippen molar-refractivity contribution in [2.45, 2.75) is 33.2 Å². The van der Waals surface area contributed by atoms with Gasteiger partial charge in [0.05, 0.1) is 0 Å². The summed E-state index contributed by atoms with van der Waals surface area (Å²) in [5.41, 5.74) is 6.77. The van der Waals surface area contributed by atoms with E-state index in [1.807, 2.05) is 12.3 Å². The van der Waals surface area contributed by atoms with Crippen molar-refractivity contribution in [1.29, 1.82) is 0 Å². The molecule has 0 fully saturated rings. The summed E-state index contributed by atoms with van der Waals surface area (Å²) >= 11 is 0. The normalized spacial score (nSPS) is 10.3. The van der Waals surface area contributed by atoms with E-state index < -0.39 is 0 Å². The lowest BCUT2D eigenvalue weighted by Gasteiger charge is -2.22. The first-order valence-corrected chi connectivity index (χ1v) is 5.71. The first kappa shape index (κ1) is 12.0. The molecule has 2 N–H and O–H groups in total. The third kappa shape index (κ3) is 3.51. The first-order valence-electron chi connectivity index (χ1n) is 5.71. The van der Waals surface area contributed by atoms with Gasteiger partial charge in [-0.25, -0.2) is 4.98 Å². The SMILES string of the molecule is CCCN(CCC)c1cc(CN)ccn1. The molecule has 84 valence electrons. The quantitative estimate of drug-likeness (QED) is 0.777. The fraction of sp³-hybridized carbons (Fsp3) is 0.583. The van der Waals surface area contributed by atoms with Crippen LogP contribution in [0.4, 0.5) is 5.82 Å². The van der Waals surface area contributed by atoms with Crippen LogP contribution < -0.4 is 10.6 Å². The Hall–Kier alpha value is -1.09. The highest BCUT2D eigenvalue weighted by Crippen LogP contribution is 2.13. The lowest BCUT2D eigenvalue weighted by atomic mass is 10.2. The zero-order chi connectivity index (χ0) is 11.1. The molecule has 1 aromatic heterocycles. The van der Waals surface area contributed by atoms with E-state index in [1.54, 1.807) is 0 Å². The Balaban J connectivity index is 2.79. The summed E-state index contributed by atoms with van der Waals surface area (Å²) in [6.07, 6.45) is 4.14. The molecule has 0 aromatic carbocycles. The second kappa shape index (κ2) is 6.40. The van der Waals surface area contributed by atoms with Crippen molar-refractivity contribution in [1.82, 2.24) is 4.98 Å². The lowest BCUT2D eigenvalue weighted by molar-refractivity contribution is 0.733. The summed E-state index contributed by atoms with van der Waals surface area (Å²) in [5.74, 6) is 1.06. The van der Waals surface area contributed by atoms with Crippen LogP contribution in [0.3, 0.4) is 0 Å². The van der Waals surface area contributed by atoms with Crippen molar-refractivity contribution in [3.63, 3.8) is 0 Å². The van der Waals surface area contributed by atoms with Crippen LogP contribution in [0.1, 0.15) is 32.3 Å². The first-order chi connectivity index (χ1) is 7.31. The van der Waals surface area contributed by atoms with Gasteiger partial charge in [0.1, 0.15) is 5.82 Å². The Bertz CT molecular complexity index is 280. The third-order valence-electron chi connectivity index (χ3n) is 2.36. The Labute approximate surface area is 92.3 Å². The summed E-state index contributed by atoms with van der Waals surface area (Å²) in [6.45, 7) is 7.09. The Kier molecular flexibility index (Phi) is 5.12. The number of anilines is 1. The maximum Gasteiger partial charge on any atom is 0.128 e. The summed E-state index contributed by atoms with van der Waals surface area (Å²) in [7, 11) is 0. The Morgan fingerprint density at radius 1 is 1.27 bits per heavy atom. The van der Waals surface area contributed by atoms with E-state index in [2.05, 4.69) is 29.8 Å². The monoisotopic (exact) mass is 207 g/mol. The van der Waals surface area contributed by atoms with E-state index in [-0.39, 0.29) is 0 Å². The van der Waals surface area contributed by atoms with Crippen molar-refractivity contribution >= 4 is 5.82 Å². The molecule has 0 saturated carbocycles. The third-order valence-corrected chi connectivity index (χ3v) is 2.36. The summed E-state index contributed by atoms with van der Waals surface area (Å²) in [4.78, 5) is 6.71. The van der Waals surface area contributed by atoms with Crippen molar-refractivity contribution < 1.29 is 0 Å². The van der Waals surface area contributed by atoms with Crippen LogP contribution in [0.25, 0.3) is 0 Å². The average molecular weight is 207 g/mol. The minimum atomic E-state index is 0.585. The molecule has 0 aliphatic rings. The van der Waals surface area contributed by atoms with Gasteiger partial charge in [0, 0.05) is 25.8 Å². The molecule has 0 amide bonds. The van der Waals surface area contributed by atoms with Crippen molar-refractivity contribution in [2.24, 2.45) is 5.73 Å². The van der Waals surface area contributed by atoms with Gasteiger partial charge in [-0.2, -0.15) is 0 Å². The smallest absolute Gasteiger partial charge is 0.128 e. The van der Waals surface area contributed by atoms with Gasteiger partial charge in [-0.3, -0.25) is 0 Å². The molecule has 0 atom stereocenters. The molecule has 3 nitrogen and oxygen atoms in total. The number of hydrogen-bond acceptors (Lipinski definition) is 3. The number of nitrogens with two attached hydrogens (primary N) is 1. The number of hydrogen-bond donors (Lipinski definition) is 1. The van der Waals surface area contributed by atoms with E-state index >= 15 is 0 Å². The topological polar surface area (TPSA) is 42.1 Å². The molecular weight excluding hydrogens is 186 g/mol. The van der Waals surface area contributed by atoms with Crippen LogP contribution in [0.15, 0.2) is 18.3 Å². The van der Waals surface area contributed by atoms with Gasteiger partial charge >= 0.3 is 0 Å². The maximum absolute atomic E-state index is 5.62. The van der Waals surface area contributed by atoms with Crippen molar-refractivity contribution in [3.05, 3.63) is 23.9 Å². The number of rotatable bonds is 6. The second-order valence-electron chi connectivity index (χ2n) is 3.71. The van der Waals surface area contributed by atoms with Gasteiger partial charge in [-0.15, -0.1) is 0 Å². The van der Waals surface area contributed by atoms with Crippen molar-refractivity contribution in [2.75, 3.05) is 18.0 Å². The molecule has 0 spiro atoms. The van der Waals surface area contributed by atoms with Gasteiger partial charge in [0.2, 0.25) is 0 Å². The van der Waals surface area contributed by atoms with E-state index in [9.17, 15) is 0 Å². The molecule has 1 aromatic rings. The summed E-state index contributed by atoms with van der Waals surface area (Å²) < 4.78 is 0. The van der Waals surface area contributed by atoms with Gasteiger partial charge in [0.15, 0.2) is 0 Å². The largest absolute Gasteiger partial charge is 0.357 e. The van der Waals surface area contributed by atoms with Crippen LogP contribution in [-0.2, 0) is 6.54 Å². The second-order valence-corrected chi connectivity index (χ2v) is 3.71. The van der Waals surface area contributed by atoms with Crippen LogP contribution >= 0.6 is 0 Å². The molecule has 1 heterocycles. The van der Waals surface area contributed by atoms with Crippen LogP contribution in [0, 0.1) is 0 Å². The molecule has 0 radical (unpaired) electrons. The van der Waals surface area contributed by atoms with Gasteiger partial charge in [-0.05, 0) is 30.5 Å². The van der Waals surface area contributed by atoms with Crippen LogP contribution in [-0.4, -0.2) is 18.1 Å². The minimum Gasteiger partial charge on any atom is -0.357 e. The molecule has 1 rings (SSSR count). The zero-order valence-electron chi connectivity index (χ0n) is 9.74. The fourth-order valence-electron chi connectivity index (χ4n) is 1.64. The molecular formula is C12H21N3. The zero-order valence-corrected chi connectivity index (χ0v) is 9.74. The summed E-state index contributed by atoms with van der Waals surface area (Å²) in [5, 5.41) is 0. The van der Waals surface area contributed by atoms with E-state index in [4.69, 9.17) is 5.73 Å². The van der Waals surface area contributed by atoms with E-state index in [0.29, 0.717) is 6.54 Å². The van der Waals surface area contributed by atoms with Gasteiger partial charge in [-0.1, -0.05) is 13.8 Å². The summed E-state index contributed by atoms with van der Waals surface area (Å²) in [6, 6.07) is 4.06. The highest BCUT2D eigenvalue weighted by molar-refractivity contribution is 5.40. The van der Waals surface area contributed by atoms with E-state index in [1.165, 1.54) is 0 Å². The van der Waals surface area contributed by atoms with Gasteiger partial charge in [0.25, 0.3) is 0 Å². The molecule has 0 unspecified atom stereocenters. The van der Waals surface area contributed by atoms with Crippen LogP contribution in [0.5, 0.6) is 0 Å². The molecule has 0 bridgehead atoms. The fourth-order valence-corrected chi connectivity index (χ4v) is 1.64. The highest BCUT2D eigenvalue weighted by Gasteiger charge is 2.05. The Morgan fingerprint density at radius 2 is 1.93 bits per heavy atom. The van der Waals surface area contributed by atoms with Crippen molar-refractivity contribution in [3.8, 4) is 0 Å². The van der Waals surface area contributed by atoms with E-state index in [0.717, 1.165) is 37.3 Å². The molecule has 0 saturated heterocycles. The molecule has 0 aliphatic carbocycles. The maximum atomic E-state index is 5.62. The standard InChI is InChI=1S/C12H21N3/c1-3-7-15(8-4-2)12-9-11(10-13)5-6-14-12/h5-6,9H,3-4,7-8,10,13H2,1-2H3. The Morgan fingerprint density at radius 3 is 2.47 bits per heavy atom. The van der Waals surface area contributed by atoms with Gasteiger partial charge < -0.3 is 10.6 Å². The molecule has 0 aliphatic heterocycles. The lowest BCUT2D eigenvalue weighted by Crippen LogP contribution is -2.25. The number of pyridine rings is 1. The predicted octanol–water partition coefficient (Wildman–Crippen LogP) is 2.17. The highest BCUT2D eigenvalue weighted by atomic mass is 15.2. The average Bonchev–Trinajstić information content (AvgIpc) is 2.29. The predicted molar refractivity (Wildman–Crippen MR) is 64.9 cm³/mol. The number of nitrogens with zero attached hydrogens (tertiary/aromatic N) is 2. The minimum absolute atomic E-state index is 0.585.